The van der Waals surface area contributed by atoms with Gasteiger partial charge >= 0.3 is 6.09 Å². The number of carbonyl (C=O) groups excluding carboxylic acids is 1. The van der Waals surface area contributed by atoms with Gasteiger partial charge in [0.2, 0.25) is 0 Å². The summed E-state index contributed by atoms with van der Waals surface area (Å²) in [7, 11) is 1.78. The zero-order chi connectivity index (χ0) is 20.2. The molecule has 28 heavy (non-hydrogen) atoms. The van der Waals surface area contributed by atoms with E-state index in [2.05, 4.69) is 32.6 Å². The third kappa shape index (κ3) is 6.82. The van der Waals surface area contributed by atoms with E-state index in [4.69, 9.17) is 9.26 Å². The minimum Gasteiger partial charge on any atom is -0.444 e. The van der Waals surface area contributed by atoms with Crippen molar-refractivity contribution in [3.8, 4) is 0 Å². The highest BCUT2D eigenvalue weighted by atomic mass is 127. The molecule has 0 aliphatic carbocycles. The Balaban J connectivity index is 0.00000392. The topological polar surface area (TPSA) is 92.0 Å². The van der Waals surface area contributed by atoms with Gasteiger partial charge in [-0.25, -0.2) is 4.79 Å². The fourth-order valence-corrected chi connectivity index (χ4v) is 3.42. The molecule has 0 radical (unpaired) electrons. The molecule has 2 atom stereocenters. The predicted molar refractivity (Wildman–Crippen MR) is 121 cm³/mol. The van der Waals surface area contributed by atoms with Crippen LogP contribution in [0.3, 0.4) is 0 Å². The summed E-state index contributed by atoms with van der Waals surface area (Å²) in [6, 6.07) is 0.0541. The van der Waals surface area contributed by atoms with Crippen LogP contribution in [0.15, 0.2) is 9.52 Å². The first-order chi connectivity index (χ1) is 12.6. The number of alkyl carbamates (subject to hydrolysis) is 1. The van der Waals surface area contributed by atoms with Gasteiger partial charge in [-0.2, -0.15) is 0 Å². The molecule has 1 fully saturated rings. The molecule has 0 saturated carbocycles. The number of likely N-dealkylation sites (tertiary alicyclic amines) is 1. The molecule has 160 valence electrons. The average molecular weight is 507 g/mol. The molecule has 1 unspecified atom stereocenters. The molecule has 0 bridgehead atoms. The number of nitrogens with one attached hydrogen (secondary N) is 2. The Labute approximate surface area is 184 Å². The van der Waals surface area contributed by atoms with Crippen LogP contribution in [0.2, 0.25) is 0 Å². The number of rotatable bonds is 4. The van der Waals surface area contributed by atoms with Crippen LogP contribution in [0.4, 0.5) is 4.79 Å². The molecule has 1 aliphatic rings. The summed E-state index contributed by atoms with van der Waals surface area (Å²) in [5.74, 6) is 1.95. The van der Waals surface area contributed by atoms with Gasteiger partial charge in [0.25, 0.3) is 0 Å². The number of nitrogens with zero attached hydrogens (tertiary/aromatic N) is 3. The van der Waals surface area contributed by atoms with Crippen LogP contribution in [0, 0.1) is 13.8 Å². The maximum atomic E-state index is 12.0. The molecule has 2 heterocycles. The number of guanidine groups is 1. The minimum atomic E-state index is -0.492. The van der Waals surface area contributed by atoms with Gasteiger partial charge in [-0.05, 0) is 41.0 Å². The van der Waals surface area contributed by atoms with Gasteiger partial charge in [0.15, 0.2) is 5.96 Å². The van der Waals surface area contributed by atoms with Crippen molar-refractivity contribution in [1.29, 1.82) is 0 Å². The highest BCUT2D eigenvalue weighted by Crippen LogP contribution is 2.22. The number of hydrogen-bond donors (Lipinski definition) is 2. The molecule has 8 nitrogen and oxygen atoms in total. The van der Waals surface area contributed by atoms with Crippen LogP contribution >= 0.6 is 24.0 Å². The summed E-state index contributed by atoms with van der Waals surface area (Å²) in [4.78, 5) is 18.5. The number of ether oxygens (including phenoxy) is 1. The number of amides is 1. The van der Waals surface area contributed by atoms with Gasteiger partial charge in [-0.1, -0.05) is 12.1 Å². The van der Waals surface area contributed by atoms with Crippen LogP contribution in [0.1, 0.15) is 57.1 Å². The summed E-state index contributed by atoms with van der Waals surface area (Å²) < 4.78 is 10.6. The molecule has 1 saturated heterocycles. The van der Waals surface area contributed by atoms with E-state index < -0.39 is 5.60 Å². The van der Waals surface area contributed by atoms with Gasteiger partial charge in [0.1, 0.15) is 11.4 Å². The number of halogens is 1. The van der Waals surface area contributed by atoms with Gasteiger partial charge in [-0.15, -0.1) is 24.0 Å². The molecule has 2 N–H and O–H groups in total. The molecule has 1 aromatic heterocycles. The number of aliphatic imine (C=N–C) groups is 1. The third-order valence-corrected chi connectivity index (χ3v) is 4.57. The molecule has 1 aliphatic heterocycles. The number of aromatic nitrogens is 1. The van der Waals surface area contributed by atoms with E-state index in [1.165, 1.54) is 0 Å². The Kier molecular flexibility index (Phi) is 9.03. The van der Waals surface area contributed by atoms with E-state index in [0.717, 1.165) is 42.5 Å². The molecule has 1 aromatic rings. The Morgan fingerprint density at radius 3 is 2.64 bits per heavy atom. The smallest absolute Gasteiger partial charge is 0.407 e. The van der Waals surface area contributed by atoms with Gasteiger partial charge in [0, 0.05) is 38.2 Å². The Bertz CT molecular complexity index is 664. The lowest BCUT2D eigenvalue weighted by atomic mass is 10.00. The zero-order valence-corrected chi connectivity index (χ0v) is 20.3. The zero-order valence-electron chi connectivity index (χ0n) is 18.0. The van der Waals surface area contributed by atoms with E-state index in [1.807, 2.05) is 34.6 Å². The van der Waals surface area contributed by atoms with Crippen molar-refractivity contribution in [2.24, 2.45) is 4.99 Å². The molecule has 0 aromatic carbocycles. The Morgan fingerprint density at radius 2 is 2.11 bits per heavy atom. The molecular formula is C19H34IN5O3. The lowest BCUT2D eigenvalue weighted by Gasteiger charge is -2.24. The first-order valence-corrected chi connectivity index (χ1v) is 9.48. The van der Waals surface area contributed by atoms with Gasteiger partial charge < -0.3 is 24.8 Å². The molecule has 2 rings (SSSR count). The fourth-order valence-electron chi connectivity index (χ4n) is 3.42. The quantitative estimate of drug-likeness (QED) is 0.370. The minimum absolute atomic E-state index is 0. The second-order valence-corrected chi connectivity index (χ2v) is 8.14. The third-order valence-electron chi connectivity index (χ3n) is 4.57. The van der Waals surface area contributed by atoms with Crippen molar-refractivity contribution in [3.05, 3.63) is 17.0 Å². The van der Waals surface area contributed by atoms with Crippen molar-refractivity contribution in [3.63, 3.8) is 0 Å². The van der Waals surface area contributed by atoms with Crippen molar-refractivity contribution < 1.29 is 14.1 Å². The largest absolute Gasteiger partial charge is 0.444 e. The lowest BCUT2D eigenvalue weighted by Crippen LogP contribution is -2.44. The summed E-state index contributed by atoms with van der Waals surface area (Å²) >= 11 is 0. The number of carbonyl (C=O) groups is 1. The van der Waals surface area contributed by atoms with Crippen LogP contribution in [0.25, 0.3) is 0 Å². The van der Waals surface area contributed by atoms with Crippen LogP contribution in [0.5, 0.6) is 0 Å². The molecular weight excluding hydrogens is 473 g/mol. The summed E-state index contributed by atoms with van der Waals surface area (Å²) in [6.45, 7) is 13.9. The second-order valence-electron chi connectivity index (χ2n) is 8.14. The highest BCUT2D eigenvalue weighted by Gasteiger charge is 2.28. The van der Waals surface area contributed by atoms with E-state index >= 15 is 0 Å². The standard InChI is InChI=1S/C19H33N5O3.HI/c1-12(16-13(2)23-27-14(16)3)10-21-17(20-7)24-9-8-15(11-24)22-18(25)26-19(4,5)6;/h12,15H,8-11H2,1-7H3,(H,20,21)(H,22,25);1H/t12?,15-;/m1./s1. The molecule has 9 heteroatoms. The maximum absolute atomic E-state index is 12.0. The fraction of sp³-hybridized carbons (Fsp3) is 0.737. The van der Waals surface area contributed by atoms with E-state index in [9.17, 15) is 4.79 Å². The number of hydrogen-bond acceptors (Lipinski definition) is 5. The van der Waals surface area contributed by atoms with E-state index in [-0.39, 0.29) is 42.0 Å². The number of aryl methyl sites for hydroxylation is 2. The average Bonchev–Trinajstić information content (AvgIpc) is 3.13. The second kappa shape index (κ2) is 10.3. The van der Waals surface area contributed by atoms with Gasteiger partial charge in [-0.3, -0.25) is 4.99 Å². The maximum Gasteiger partial charge on any atom is 0.407 e. The monoisotopic (exact) mass is 507 g/mol. The normalized spacial score (nSPS) is 18.5. The van der Waals surface area contributed by atoms with E-state index in [1.54, 1.807) is 7.05 Å². The van der Waals surface area contributed by atoms with E-state index in [0.29, 0.717) is 6.54 Å². The van der Waals surface area contributed by atoms with Gasteiger partial charge in [0.05, 0.1) is 11.7 Å². The van der Waals surface area contributed by atoms with Crippen molar-refractivity contribution >= 4 is 36.0 Å². The van der Waals surface area contributed by atoms with Crippen LogP contribution in [-0.4, -0.2) is 60.4 Å². The first-order valence-electron chi connectivity index (χ1n) is 9.48. The SMILES string of the molecule is CN=C(NCC(C)c1c(C)noc1C)N1CC[C@@H](NC(=O)OC(C)(C)C)C1.I. The summed E-state index contributed by atoms with van der Waals surface area (Å²) in [5.41, 5.74) is 1.58. The van der Waals surface area contributed by atoms with Crippen molar-refractivity contribution in [2.45, 2.75) is 65.5 Å². The Hall–Kier alpha value is -1.52. The highest BCUT2D eigenvalue weighted by molar-refractivity contribution is 14.0. The van der Waals surface area contributed by atoms with Crippen LogP contribution < -0.4 is 10.6 Å². The lowest BCUT2D eigenvalue weighted by molar-refractivity contribution is 0.0507. The van der Waals surface area contributed by atoms with Crippen LogP contribution in [-0.2, 0) is 4.74 Å². The summed E-state index contributed by atoms with van der Waals surface area (Å²) in [6.07, 6.45) is 0.489. The molecule has 0 spiro atoms. The Morgan fingerprint density at radius 1 is 1.43 bits per heavy atom. The first kappa shape index (κ1) is 24.5. The predicted octanol–water partition coefficient (Wildman–Crippen LogP) is 3.19. The summed E-state index contributed by atoms with van der Waals surface area (Å²) in [5, 5.41) is 10.4. The van der Waals surface area contributed by atoms with Crippen molar-refractivity contribution in [1.82, 2.24) is 20.7 Å². The molecule has 1 amide bonds. The van der Waals surface area contributed by atoms with Crippen molar-refractivity contribution in [2.75, 3.05) is 26.7 Å².